The molecule has 0 N–H and O–H groups in total. The zero-order valence-corrected chi connectivity index (χ0v) is 33.2. The molecule has 9 aromatic carbocycles. The van der Waals surface area contributed by atoms with Crippen molar-refractivity contribution in [3.63, 3.8) is 0 Å². The van der Waals surface area contributed by atoms with Gasteiger partial charge in [0.25, 0.3) is 0 Å². The minimum Gasteiger partial charge on any atom is -0.456 e. The Morgan fingerprint density at radius 3 is 1.97 bits per heavy atom. The monoisotopic (exact) mass is 770 g/mol. The number of anilines is 3. The Kier molecular flexibility index (Phi) is 7.54. The van der Waals surface area contributed by atoms with Gasteiger partial charge in [-0.3, -0.25) is 0 Å². The molecule has 4 heteroatoms. The Hall–Kier alpha value is -7.69. The number of hydrogen-bond donors (Lipinski definition) is 0. The molecule has 0 unspecified atom stereocenters. The van der Waals surface area contributed by atoms with Gasteiger partial charge in [-0.2, -0.15) is 0 Å². The molecule has 0 amide bonds. The van der Waals surface area contributed by atoms with E-state index in [9.17, 15) is 0 Å². The smallest absolute Gasteiger partial charge is 0.227 e. The van der Waals surface area contributed by atoms with Crippen molar-refractivity contribution in [3.8, 4) is 44.8 Å². The lowest BCUT2D eigenvalue weighted by Crippen LogP contribution is -2.16. The van der Waals surface area contributed by atoms with Crippen LogP contribution in [0.3, 0.4) is 0 Å². The Morgan fingerprint density at radius 1 is 0.417 bits per heavy atom. The van der Waals surface area contributed by atoms with E-state index in [1.54, 1.807) is 0 Å². The summed E-state index contributed by atoms with van der Waals surface area (Å²) < 4.78 is 12.6. The zero-order valence-electron chi connectivity index (χ0n) is 33.2. The molecule has 0 saturated carbocycles. The lowest BCUT2D eigenvalue weighted by Gasteiger charge is -2.30. The summed E-state index contributed by atoms with van der Waals surface area (Å²) >= 11 is 0. The van der Waals surface area contributed by atoms with Crippen molar-refractivity contribution in [2.24, 2.45) is 0 Å². The molecule has 284 valence electrons. The number of oxazole rings is 1. The first kappa shape index (κ1) is 34.4. The number of furan rings is 1. The predicted molar refractivity (Wildman–Crippen MR) is 247 cm³/mol. The number of aromatic nitrogens is 1. The molecule has 1 aliphatic carbocycles. The number of benzene rings is 9. The van der Waals surface area contributed by atoms with Crippen molar-refractivity contribution in [1.29, 1.82) is 0 Å². The average Bonchev–Trinajstić information content (AvgIpc) is 3.95. The van der Waals surface area contributed by atoms with Gasteiger partial charge in [-0.15, -0.1) is 0 Å². The number of nitrogens with zero attached hydrogens (tertiary/aromatic N) is 2. The Bertz CT molecular complexity index is 3460. The maximum atomic E-state index is 6.36. The summed E-state index contributed by atoms with van der Waals surface area (Å²) in [5.74, 6) is 0.603. The first-order chi connectivity index (χ1) is 29.5. The average molecular weight is 771 g/mol. The molecule has 2 heterocycles. The van der Waals surface area contributed by atoms with Crippen LogP contribution in [0.5, 0.6) is 0 Å². The van der Waals surface area contributed by atoms with E-state index in [-0.39, 0.29) is 5.41 Å². The van der Waals surface area contributed by atoms with Crippen molar-refractivity contribution in [3.05, 3.63) is 205 Å². The van der Waals surface area contributed by atoms with Crippen molar-refractivity contribution in [2.75, 3.05) is 4.90 Å². The van der Waals surface area contributed by atoms with Gasteiger partial charge >= 0.3 is 0 Å². The number of para-hydroxylation sites is 1. The third-order valence-electron chi connectivity index (χ3n) is 12.5. The fraction of sp³-hybridized carbons (Fsp3) is 0.0536. The van der Waals surface area contributed by atoms with Crippen LogP contribution in [0.4, 0.5) is 17.1 Å². The molecule has 0 aliphatic heterocycles. The standard InChI is InChI=1S/C56H38N2O2/c1-56(2)48-18-10-8-17-44(48)45-28-27-42(32-49(45)56)58(51-19-11-9-16-43(51)40-21-20-35-12-6-7-15-38(35)30-40)41-25-22-36(23-26-41)39-24-29-52-46(31-39)47-33-54-50(34-53(47)59-52)57-55(60-54)37-13-4-3-5-14-37/h3-34H,1-2H3. The van der Waals surface area contributed by atoms with E-state index in [2.05, 4.69) is 176 Å². The van der Waals surface area contributed by atoms with Crippen molar-refractivity contribution < 1.29 is 8.83 Å². The van der Waals surface area contributed by atoms with E-state index >= 15 is 0 Å². The SMILES string of the molecule is CC1(C)c2ccccc2-c2ccc(N(c3ccc(-c4ccc5oc6cc7nc(-c8ccccc8)oc7cc6c5c4)cc3)c3ccccc3-c3ccc4ccccc4c3)cc21. The second-order valence-corrected chi connectivity index (χ2v) is 16.4. The van der Waals surface area contributed by atoms with E-state index in [1.165, 1.54) is 44.2 Å². The molecule has 11 aromatic rings. The highest BCUT2D eigenvalue weighted by Crippen LogP contribution is 2.51. The lowest BCUT2D eigenvalue weighted by molar-refractivity contribution is 0.620. The summed E-state index contributed by atoms with van der Waals surface area (Å²) in [6, 6.07) is 69.4. The number of hydrogen-bond acceptors (Lipinski definition) is 4. The third kappa shape index (κ3) is 5.41. The summed E-state index contributed by atoms with van der Waals surface area (Å²) in [7, 11) is 0. The third-order valence-corrected chi connectivity index (χ3v) is 12.5. The quantitative estimate of drug-likeness (QED) is 0.169. The van der Waals surface area contributed by atoms with Gasteiger partial charge in [0.15, 0.2) is 5.58 Å². The van der Waals surface area contributed by atoms with Crippen LogP contribution in [0.25, 0.3) is 88.6 Å². The Labute approximate surface area is 347 Å². The van der Waals surface area contributed by atoms with Crippen LogP contribution in [-0.2, 0) is 5.41 Å². The normalized spacial score (nSPS) is 13.0. The van der Waals surface area contributed by atoms with Gasteiger partial charge in [-0.1, -0.05) is 135 Å². The lowest BCUT2D eigenvalue weighted by atomic mass is 9.82. The molecular formula is C56H38N2O2. The molecule has 12 rings (SSSR count). The predicted octanol–water partition coefficient (Wildman–Crippen LogP) is 15.7. The highest BCUT2D eigenvalue weighted by Gasteiger charge is 2.36. The molecule has 0 fully saturated rings. The van der Waals surface area contributed by atoms with E-state index < -0.39 is 0 Å². The van der Waals surface area contributed by atoms with Crippen LogP contribution in [0, 0.1) is 0 Å². The second kappa shape index (κ2) is 13.2. The van der Waals surface area contributed by atoms with E-state index in [4.69, 9.17) is 13.8 Å². The van der Waals surface area contributed by atoms with Gasteiger partial charge in [-0.05, 0) is 116 Å². The van der Waals surface area contributed by atoms with Gasteiger partial charge in [0.1, 0.15) is 16.7 Å². The largest absolute Gasteiger partial charge is 0.456 e. The number of fused-ring (bicyclic) bond motifs is 8. The molecule has 0 bridgehead atoms. The Morgan fingerprint density at radius 2 is 1.10 bits per heavy atom. The molecule has 0 saturated heterocycles. The first-order valence-corrected chi connectivity index (χ1v) is 20.5. The summed E-state index contributed by atoms with van der Waals surface area (Å²) in [5, 5.41) is 4.50. The van der Waals surface area contributed by atoms with Crippen LogP contribution < -0.4 is 4.90 Å². The topological polar surface area (TPSA) is 42.4 Å². The fourth-order valence-corrected chi connectivity index (χ4v) is 9.41. The maximum Gasteiger partial charge on any atom is 0.227 e. The highest BCUT2D eigenvalue weighted by atomic mass is 16.4. The first-order valence-electron chi connectivity index (χ1n) is 20.5. The van der Waals surface area contributed by atoms with Crippen LogP contribution in [0.15, 0.2) is 203 Å². The van der Waals surface area contributed by atoms with E-state index in [1.807, 2.05) is 36.4 Å². The highest BCUT2D eigenvalue weighted by molar-refractivity contribution is 6.10. The molecular weight excluding hydrogens is 733 g/mol. The molecule has 2 aromatic heterocycles. The molecule has 1 aliphatic rings. The summed E-state index contributed by atoms with van der Waals surface area (Å²) in [6.07, 6.45) is 0. The minimum atomic E-state index is -0.130. The molecule has 60 heavy (non-hydrogen) atoms. The number of rotatable bonds is 6. The van der Waals surface area contributed by atoms with Crippen molar-refractivity contribution in [2.45, 2.75) is 19.3 Å². The van der Waals surface area contributed by atoms with Crippen LogP contribution in [0.1, 0.15) is 25.0 Å². The maximum absolute atomic E-state index is 6.36. The zero-order chi connectivity index (χ0) is 40.0. The molecule has 0 spiro atoms. The van der Waals surface area contributed by atoms with Crippen LogP contribution >= 0.6 is 0 Å². The van der Waals surface area contributed by atoms with Gasteiger partial charge in [0, 0.05) is 44.8 Å². The van der Waals surface area contributed by atoms with Gasteiger partial charge in [0.05, 0.1) is 5.69 Å². The van der Waals surface area contributed by atoms with Crippen molar-refractivity contribution >= 4 is 60.9 Å². The summed E-state index contributed by atoms with van der Waals surface area (Å²) in [4.78, 5) is 7.20. The van der Waals surface area contributed by atoms with E-state index in [0.717, 1.165) is 66.8 Å². The summed E-state index contributed by atoms with van der Waals surface area (Å²) in [6.45, 7) is 4.69. The second-order valence-electron chi connectivity index (χ2n) is 16.4. The van der Waals surface area contributed by atoms with Crippen LogP contribution in [0.2, 0.25) is 0 Å². The molecule has 0 radical (unpaired) electrons. The Balaban J connectivity index is 0.970. The van der Waals surface area contributed by atoms with Gasteiger partial charge in [0.2, 0.25) is 5.89 Å². The van der Waals surface area contributed by atoms with Crippen LogP contribution in [-0.4, -0.2) is 4.98 Å². The van der Waals surface area contributed by atoms with E-state index in [0.29, 0.717) is 5.89 Å². The van der Waals surface area contributed by atoms with Gasteiger partial charge in [-0.25, -0.2) is 4.98 Å². The van der Waals surface area contributed by atoms with Crippen molar-refractivity contribution in [1.82, 2.24) is 4.98 Å². The van der Waals surface area contributed by atoms with Gasteiger partial charge < -0.3 is 13.7 Å². The fourth-order valence-electron chi connectivity index (χ4n) is 9.41. The summed E-state index contributed by atoms with van der Waals surface area (Å²) in [5.41, 5.74) is 17.2. The minimum absolute atomic E-state index is 0.130. The molecule has 0 atom stereocenters. The molecule has 4 nitrogen and oxygen atoms in total.